The molecular weight excluding hydrogens is 218 g/mol. The molecule has 2 aromatic heterocycles. The van der Waals surface area contributed by atoms with Crippen LogP contribution in [0, 0.1) is 11.3 Å². The van der Waals surface area contributed by atoms with Crippen LogP contribution >= 0.6 is 11.3 Å². The van der Waals surface area contributed by atoms with E-state index in [1.165, 1.54) is 5.56 Å². The SMILES string of the molecule is CN(Cc1ccsc1)c1ccc(C#N)nc1. The first-order chi connectivity index (χ1) is 7.79. The van der Waals surface area contributed by atoms with Gasteiger partial charge in [-0.15, -0.1) is 0 Å². The maximum absolute atomic E-state index is 8.65. The molecule has 0 aromatic carbocycles. The lowest BCUT2D eigenvalue weighted by Gasteiger charge is -2.17. The first-order valence-electron chi connectivity index (χ1n) is 4.88. The second-order valence-corrected chi connectivity index (χ2v) is 4.28. The predicted molar refractivity (Wildman–Crippen MR) is 65.4 cm³/mol. The summed E-state index contributed by atoms with van der Waals surface area (Å²) in [6, 6.07) is 7.77. The van der Waals surface area contributed by atoms with Crippen molar-refractivity contribution in [3.63, 3.8) is 0 Å². The molecule has 0 N–H and O–H groups in total. The molecule has 0 unspecified atom stereocenters. The fraction of sp³-hybridized carbons (Fsp3) is 0.167. The van der Waals surface area contributed by atoms with Gasteiger partial charge in [0.15, 0.2) is 0 Å². The minimum absolute atomic E-state index is 0.452. The van der Waals surface area contributed by atoms with Crippen molar-refractivity contribution < 1.29 is 0 Å². The van der Waals surface area contributed by atoms with Crippen LogP contribution in [0.2, 0.25) is 0 Å². The zero-order chi connectivity index (χ0) is 11.4. The highest BCUT2D eigenvalue weighted by atomic mass is 32.1. The van der Waals surface area contributed by atoms with Crippen molar-refractivity contribution in [3.05, 3.63) is 46.4 Å². The first-order valence-corrected chi connectivity index (χ1v) is 5.82. The molecule has 4 heteroatoms. The number of hydrogen-bond acceptors (Lipinski definition) is 4. The van der Waals surface area contributed by atoms with Crippen LogP contribution in [-0.2, 0) is 6.54 Å². The Hall–Kier alpha value is -1.86. The topological polar surface area (TPSA) is 39.9 Å². The van der Waals surface area contributed by atoms with E-state index in [2.05, 4.69) is 26.7 Å². The smallest absolute Gasteiger partial charge is 0.140 e. The molecule has 0 spiro atoms. The molecule has 0 saturated carbocycles. The molecule has 2 heterocycles. The normalized spacial score (nSPS) is 9.75. The Balaban J connectivity index is 2.09. The average Bonchev–Trinajstić information content (AvgIpc) is 2.82. The lowest BCUT2D eigenvalue weighted by Crippen LogP contribution is -2.15. The Morgan fingerprint density at radius 2 is 2.31 bits per heavy atom. The number of nitrogens with zero attached hydrogens (tertiary/aromatic N) is 3. The minimum Gasteiger partial charge on any atom is -0.369 e. The van der Waals surface area contributed by atoms with Gasteiger partial charge >= 0.3 is 0 Å². The number of nitriles is 1. The van der Waals surface area contributed by atoms with Gasteiger partial charge in [0.05, 0.1) is 11.9 Å². The first kappa shape index (κ1) is 10.7. The van der Waals surface area contributed by atoms with Gasteiger partial charge < -0.3 is 4.90 Å². The molecule has 3 nitrogen and oxygen atoms in total. The summed E-state index contributed by atoms with van der Waals surface area (Å²) in [5, 5.41) is 12.9. The molecule has 2 rings (SSSR count). The Labute approximate surface area is 98.6 Å². The van der Waals surface area contributed by atoms with Gasteiger partial charge in [-0.1, -0.05) is 0 Å². The largest absolute Gasteiger partial charge is 0.369 e. The van der Waals surface area contributed by atoms with E-state index in [1.807, 2.05) is 19.2 Å². The average molecular weight is 229 g/mol. The van der Waals surface area contributed by atoms with Crippen LogP contribution in [-0.4, -0.2) is 12.0 Å². The van der Waals surface area contributed by atoms with Crippen molar-refractivity contribution in [2.45, 2.75) is 6.54 Å². The summed E-state index contributed by atoms with van der Waals surface area (Å²) < 4.78 is 0. The van der Waals surface area contributed by atoms with Gasteiger partial charge in [0, 0.05) is 13.6 Å². The molecule has 0 aliphatic heterocycles. The van der Waals surface area contributed by atoms with Crippen LogP contribution in [0.25, 0.3) is 0 Å². The van der Waals surface area contributed by atoms with Gasteiger partial charge in [0.2, 0.25) is 0 Å². The fourth-order valence-electron chi connectivity index (χ4n) is 1.43. The van der Waals surface area contributed by atoms with Crippen LogP contribution in [0.1, 0.15) is 11.3 Å². The maximum Gasteiger partial charge on any atom is 0.140 e. The number of anilines is 1. The number of aromatic nitrogens is 1. The minimum atomic E-state index is 0.452. The number of thiophene rings is 1. The summed E-state index contributed by atoms with van der Waals surface area (Å²) in [5.74, 6) is 0. The summed E-state index contributed by atoms with van der Waals surface area (Å²) >= 11 is 1.70. The molecule has 0 fully saturated rings. The Morgan fingerprint density at radius 3 is 2.88 bits per heavy atom. The Kier molecular flexibility index (Phi) is 3.18. The molecule has 80 valence electrons. The zero-order valence-corrected chi connectivity index (χ0v) is 9.74. The third kappa shape index (κ3) is 2.38. The molecule has 0 aliphatic rings. The van der Waals surface area contributed by atoms with Crippen LogP contribution in [0.4, 0.5) is 5.69 Å². The van der Waals surface area contributed by atoms with Crippen molar-refractivity contribution in [3.8, 4) is 6.07 Å². The Morgan fingerprint density at radius 1 is 1.44 bits per heavy atom. The molecule has 2 aromatic rings. The van der Waals surface area contributed by atoms with E-state index in [4.69, 9.17) is 5.26 Å². The van der Waals surface area contributed by atoms with Gasteiger partial charge in [-0.3, -0.25) is 0 Å². The second-order valence-electron chi connectivity index (χ2n) is 3.50. The van der Waals surface area contributed by atoms with E-state index in [1.54, 1.807) is 23.6 Å². The summed E-state index contributed by atoms with van der Waals surface area (Å²) in [4.78, 5) is 6.15. The molecule has 0 aliphatic carbocycles. The van der Waals surface area contributed by atoms with E-state index in [-0.39, 0.29) is 0 Å². The monoisotopic (exact) mass is 229 g/mol. The van der Waals surface area contributed by atoms with Crippen molar-refractivity contribution in [1.82, 2.24) is 4.98 Å². The Bertz CT molecular complexity index is 482. The zero-order valence-electron chi connectivity index (χ0n) is 8.92. The van der Waals surface area contributed by atoms with Gasteiger partial charge in [0.1, 0.15) is 11.8 Å². The van der Waals surface area contributed by atoms with E-state index in [0.29, 0.717) is 5.69 Å². The molecule has 0 saturated heterocycles. The summed E-state index contributed by atoms with van der Waals surface area (Å²) in [6.07, 6.45) is 1.73. The standard InChI is InChI=1S/C12H11N3S/c1-15(8-10-4-5-16-9-10)12-3-2-11(6-13)14-7-12/h2-5,7,9H,8H2,1H3. The molecule has 0 amide bonds. The molecular formula is C12H11N3S. The van der Waals surface area contributed by atoms with E-state index >= 15 is 0 Å². The second kappa shape index (κ2) is 4.77. The van der Waals surface area contributed by atoms with Crippen molar-refractivity contribution in [1.29, 1.82) is 5.26 Å². The van der Waals surface area contributed by atoms with Crippen molar-refractivity contribution in [2.75, 3.05) is 11.9 Å². The highest BCUT2D eigenvalue weighted by Gasteiger charge is 2.03. The maximum atomic E-state index is 8.65. The third-order valence-electron chi connectivity index (χ3n) is 2.30. The third-order valence-corrected chi connectivity index (χ3v) is 3.04. The molecule has 0 bridgehead atoms. The van der Waals surface area contributed by atoms with Gasteiger partial charge in [-0.2, -0.15) is 16.6 Å². The fourth-order valence-corrected chi connectivity index (χ4v) is 2.09. The molecule has 16 heavy (non-hydrogen) atoms. The summed E-state index contributed by atoms with van der Waals surface area (Å²) in [6.45, 7) is 0.858. The molecule has 0 atom stereocenters. The van der Waals surface area contributed by atoms with Crippen molar-refractivity contribution >= 4 is 17.0 Å². The van der Waals surface area contributed by atoms with Gasteiger partial charge in [-0.25, -0.2) is 4.98 Å². The van der Waals surface area contributed by atoms with Crippen LogP contribution in [0.3, 0.4) is 0 Å². The number of rotatable bonds is 3. The summed E-state index contributed by atoms with van der Waals surface area (Å²) in [7, 11) is 2.01. The predicted octanol–water partition coefficient (Wildman–Crippen LogP) is 2.65. The highest BCUT2D eigenvalue weighted by molar-refractivity contribution is 7.07. The van der Waals surface area contributed by atoms with Crippen molar-refractivity contribution in [2.24, 2.45) is 0 Å². The number of hydrogen-bond donors (Lipinski definition) is 0. The van der Waals surface area contributed by atoms with Gasteiger partial charge in [-0.05, 0) is 34.5 Å². The lowest BCUT2D eigenvalue weighted by atomic mass is 10.3. The van der Waals surface area contributed by atoms with E-state index in [0.717, 1.165) is 12.2 Å². The molecule has 0 radical (unpaired) electrons. The van der Waals surface area contributed by atoms with Crippen LogP contribution in [0.5, 0.6) is 0 Å². The van der Waals surface area contributed by atoms with E-state index in [9.17, 15) is 0 Å². The van der Waals surface area contributed by atoms with Gasteiger partial charge in [0.25, 0.3) is 0 Å². The summed E-state index contributed by atoms with van der Waals surface area (Å²) in [5.41, 5.74) is 2.76. The lowest BCUT2D eigenvalue weighted by molar-refractivity contribution is 0.921. The van der Waals surface area contributed by atoms with Crippen LogP contribution < -0.4 is 4.90 Å². The highest BCUT2D eigenvalue weighted by Crippen LogP contribution is 2.15. The van der Waals surface area contributed by atoms with Crippen LogP contribution in [0.15, 0.2) is 35.2 Å². The quantitative estimate of drug-likeness (QED) is 0.812. The number of pyridine rings is 1. The van der Waals surface area contributed by atoms with E-state index < -0.39 is 0 Å².